The number of aryl methyl sites for hydroxylation is 1. The van der Waals surface area contributed by atoms with Gasteiger partial charge in [0.25, 0.3) is 30.1 Å². The van der Waals surface area contributed by atoms with Crippen molar-refractivity contribution in [1.82, 2.24) is 35.3 Å². The van der Waals surface area contributed by atoms with Crippen molar-refractivity contribution >= 4 is 41.1 Å². The first kappa shape index (κ1) is 34.5. The minimum atomic E-state index is -3.01. The first-order valence-corrected chi connectivity index (χ1v) is 16.4. The lowest BCUT2D eigenvalue weighted by Gasteiger charge is -2.27. The second-order valence-corrected chi connectivity index (χ2v) is 12.1. The molecule has 0 saturated carbocycles. The van der Waals surface area contributed by atoms with Crippen LogP contribution in [0.1, 0.15) is 78.5 Å². The van der Waals surface area contributed by atoms with E-state index in [4.69, 9.17) is 4.42 Å². The third kappa shape index (κ3) is 6.91. The van der Waals surface area contributed by atoms with E-state index in [9.17, 15) is 37.5 Å². The molecule has 0 radical (unpaired) electrons. The highest BCUT2D eigenvalue weighted by atomic mass is 19.3. The predicted octanol–water partition coefficient (Wildman–Crippen LogP) is 3.88. The van der Waals surface area contributed by atoms with Gasteiger partial charge in [-0.25, -0.2) is 18.4 Å². The van der Waals surface area contributed by atoms with Gasteiger partial charge in [-0.2, -0.15) is 5.10 Å². The fourth-order valence-corrected chi connectivity index (χ4v) is 6.11. The van der Waals surface area contributed by atoms with Crippen LogP contribution in [0.15, 0.2) is 83.9 Å². The van der Waals surface area contributed by atoms with Crippen LogP contribution in [0.3, 0.4) is 0 Å². The molecule has 53 heavy (non-hydrogen) atoms. The first-order chi connectivity index (χ1) is 25.6. The Morgan fingerprint density at radius 2 is 1.75 bits per heavy atom. The summed E-state index contributed by atoms with van der Waals surface area (Å²) in [6.45, 7) is 0.221. The number of anilines is 1. The van der Waals surface area contributed by atoms with Crippen molar-refractivity contribution < 1.29 is 42.0 Å². The van der Waals surface area contributed by atoms with Gasteiger partial charge >= 0.3 is 0 Å². The maximum atomic E-state index is 13.9. The number of aromatic nitrogens is 4. The number of nitrogens with one attached hydrogen (secondary N) is 3. The molecule has 2 aliphatic heterocycles. The van der Waals surface area contributed by atoms with Crippen molar-refractivity contribution in [2.24, 2.45) is 0 Å². The number of alkyl halides is 2. The van der Waals surface area contributed by atoms with Crippen LogP contribution in [0.25, 0.3) is 17.1 Å². The second kappa shape index (κ2) is 14.4. The van der Waals surface area contributed by atoms with E-state index in [1.807, 2.05) is 0 Å². The predicted molar refractivity (Wildman–Crippen MR) is 180 cm³/mol. The number of pyridine rings is 1. The summed E-state index contributed by atoms with van der Waals surface area (Å²) in [5, 5.41) is 11.3. The largest absolute Gasteiger partial charge is 0.444 e. The minimum absolute atomic E-state index is 0.0174. The number of carbonyl (C=O) groups is 6. The number of hydrogen-bond acceptors (Lipinski definition) is 10. The van der Waals surface area contributed by atoms with E-state index in [2.05, 4.69) is 31.0 Å². The molecule has 7 rings (SSSR count). The van der Waals surface area contributed by atoms with Crippen LogP contribution < -0.4 is 16.0 Å². The molecule has 0 bridgehead atoms. The molecule has 5 aromatic rings. The summed E-state index contributed by atoms with van der Waals surface area (Å²) < 4.78 is 34.3. The molecule has 1 saturated heterocycles. The molecular weight excluding hydrogens is 694 g/mol. The summed E-state index contributed by atoms with van der Waals surface area (Å²) in [7, 11) is 0. The molecule has 2 aromatic carbocycles. The minimum Gasteiger partial charge on any atom is -0.444 e. The van der Waals surface area contributed by atoms with E-state index in [0.717, 1.165) is 15.8 Å². The van der Waals surface area contributed by atoms with E-state index in [-0.39, 0.29) is 53.3 Å². The van der Waals surface area contributed by atoms with Crippen molar-refractivity contribution in [1.29, 1.82) is 0 Å². The molecule has 3 aromatic heterocycles. The third-order valence-electron chi connectivity index (χ3n) is 8.72. The third-order valence-corrected chi connectivity index (χ3v) is 8.72. The Morgan fingerprint density at radius 3 is 2.49 bits per heavy atom. The molecule has 1 fully saturated rings. The summed E-state index contributed by atoms with van der Waals surface area (Å²) >= 11 is 0. The van der Waals surface area contributed by atoms with Gasteiger partial charge in [0.05, 0.1) is 28.7 Å². The Kier molecular flexibility index (Phi) is 9.37. The summed E-state index contributed by atoms with van der Waals surface area (Å²) in [6, 6.07) is 13.0. The van der Waals surface area contributed by atoms with Crippen LogP contribution in [-0.4, -0.2) is 72.7 Å². The lowest BCUT2D eigenvalue weighted by atomic mass is 9.99. The number of carbonyl (C=O) groups excluding carboxylic acids is 6. The Morgan fingerprint density at radius 1 is 0.981 bits per heavy atom. The lowest BCUT2D eigenvalue weighted by Crippen LogP contribution is -2.54. The number of benzene rings is 2. The topological polar surface area (TPSA) is 198 Å². The molecule has 6 amide bonds. The van der Waals surface area contributed by atoms with Crippen LogP contribution in [0.4, 0.5) is 14.5 Å². The van der Waals surface area contributed by atoms with Crippen LogP contribution >= 0.6 is 0 Å². The van der Waals surface area contributed by atoms with E-state index in [0.29, 0.717) is 29.7 Å². The normalized spacial score (nSPS) is 15.5. The van der Waals surface area contributed by atoms with Crippen molar-refractivity contribution in [2.75, 3.05) is 11.9 Å². The van der Waals surface area contributed by atoms with E-state index in [1.165, 1.54) is 48.9 Å². The van der Waals surface area contributed by atoms with Crippen LogP contribution in [-0.2, 0) is 16.0 Å². The fraction of sp³-hybridized carbons (Fsp3) is 0.194. The number of fused-ring (bicyclic) bond motifs is 1. The molecule has 1 unspecified atom stereocenters. The summed E-state index contributed by atoms with van der Waals surface area (Å²) in [6.07, 6.45) is 3.20. The molecule has 15 nitrogen and oxygen atoms in total. The summed E-state index contributed by atoms with van der Waals surface area (Å²) in [5.41, 5.74) is 1.12. The molecule has 3 N–H and O–H groups in total. The molecule has 2 aliphatic rings. The van der Waals surface area contributed by atoms with Crippen molar-refractivity contribution in [3.05, 3.63) is 113 Å². The molecule has 0 aliphatic carbocycles. The molecular formula is C36H28F2N8O7. The lowest BCUT2D eigenvalue weighted by molar-refractivity contribution is -0.136. The Balaban J connectivity index is 0.955. The van der Waals surface area contributed by atoms with Gasteiger partial charge in [-0.15, -0.1) is 0 Å². The molecule has 0 spiro atoms. The van der Waals surface area contributed by atoms with Gasteiger partial charge in [-0.1, -0.05) is 12.1 Å². The van der Waals surface area contributed by atoms with Crippen molar-refractivity contribution in [2.45, 2.75) is 38.2 Å². The van der Waals surface area contributed by atoms with Gasteiger partial charge in [0, 0.05) is 36.5 Å². The first-order valence-electron chi connectivity index (χ1n) is 16.4. The van der Waals surface area contributed by atoms with E-state index in [1.54, 1.807) is 24.3 Å². The van der Waals surface area contributed by atoms with Gasteiger partial charge in [-0.05, 0) is 67.3 Å². The molecule has 268 valence electrons. The van der Waals surface area contributed by atoms with Crippen molar-refractivity contribution in [3.8, 4) is 17.1 Å². The second-order valence-electron chi connectivity index (χ2n) is 12.1. The number of hydrogen-bond donors (Lipinski definition) is 3. The number of imide groups is 2. The average Bonchev–Trinajstić information content (AvgIpc) is 3.88. The molecule has 5 heterocycles. The Bertz CT molecular complexity index is 2270. The maximum absolute atomic E-state index is 13.9. The van der Waals surface area contributed by atoms with E-state index >= 15 is 0 Å². The van der Waals surface area contributed by atoms with Crippen LogP contribution in [0.5, 0.6) is 0 Å². The summed E-state index contributed by atoms with van der Waals surface area (Å²) in [5.74, 6) is -3.39. The van der Waals surface area contributed by atoms with E-state index < -0.39 is 53.6 Å². The highest BCUT2D eigenvalue weighted by Gasteiger charge is 2.45. The smallest absolute Gasteiger partial charge is 0.284 e. The quantitative estimate of drug-likeness (QED) is 0.133. The average molecular weight is 723 g/mol. The fourth-order valence-electron chi connectivity index (χ4n) is 6.11. The number of oxazole rings is 1. The Labute approximate surface area is 298 Å². The van der Waals surface area contributed by atoms with Crippen LogP contribution in [0.2, 0.25) is 0 Å². The van der Waals surface area contributed by atoms with Gasteiger partial charge in [0.15, 0.2) is 11.4 Å². The zero-order valence-electron chi connectivity index (χ0n) is 27.5. The zero-order chi connectivity index (χ0) is 37.2. The number of piperidine rings is 1. The molecule has 17 heteroatoms. The highest BCUT2D eigenvalue weighted by Crippen LogP contribution is 2.31. The van der Waals surface area contributed by atoms with Gasteiger partial charge < -0.3 is 15.1 Å². The monoisotopic (exact) mass is 722 g/mol. The van der Waals surface area contributed by atoms with Gasteiger partial charge in [-0.3, -0.25) is 44.0 Å². The highest BCUT2D eigenvalue weighted by molar-refractivity contribution is 6.24. The van der Waals surface area contributed by atoms with Crippen LogP contribution in [0, 0.1) is 0 Å². The summed E-state index contributed by atoms with van der Waals surface area (Å²) in [4.78, 5) is 85.0. The maximum Gasteiger partial charge on any atom is 0.284 e. The number of rotatable bonds is 11. The zero-order valence-corrected chi connectivity index (χ0v) is 27.5. The van der Waals surface area contributed by atoms with Crippen molar-refractivity contribution in [3.63, 3.8) is 0 Å². The van der Waals surface area contributed by atoms with Gasteiger partial charge in [0.1, 0.15) is 12.3 Å². The SMILES string of the molecule is O=C1CCC(N2C(=O)c3cccc(CCCNC(=O)c4ccc(-n5cc(NC(=O)c6coc(-c7ccncc7)n6)c(C(F)F)n5)cc4)c3C2=O)C(=O)N1. The standard InChI is InChI=1S/C36H28F2N8O7/c37-30(38)29-24(41-32(49)25-18-53-34(42-25)21-12-15-39-16-13-21)17-45(44-29)22-8-6-20(7-9-22)31(48)40-14-2-4-19-3-1-5-23-28(19)36(52)46(35(23)51)26-10-11-27(47)43-33(26)50/h1,3,5-9,12-13,15-18,26,30H,2,4,10-11,14H2,(H,40,48)(H,41,49)(H,43,47,50). The van der Waals surface area contributed by atoms with Gasteiger partial charge in [0.2, 0.25) is 17.7 Å². The number of halogens is 2. The number of amides is 6. The Hall–Kier alpha value is -6.91. The molecule has 1 atom stereocenters. The number of nitrogens with zero attached hydrogens (tertiary/aromatic N) is 5.